The average Bonchev–Trinajstić information content (AvgIpc) is 2.91. The topological polar surface area (TPSA) is 46.1 Å². The summed E-state index contributed by atoms with van der Waals surface area (Å²) in [6.07, 6.45) is 2.29. The van der Waals surface area contributed by atoms with Crippen LogP contribution < -0.4 is 0 Å². The summed E-state index contributed by atoms with van der Waals surface area (Å²) in [5, 5.41) is 1.73. The van der Waals surface area contributed by atoms with Gasteiger partial charge < -0.3 is 4.90 Å². The number of halogens is 1. The maximum Gasteiger partial charge on any atom is 0.273 e. The summed E-state index contributed by atoms with van der Waals surface area (Å²) in [6.45, 7) is 1.13. The largest absolute Gasteiger partial charge is 0.332 e. The van der Waals surface area contributed by atoms with Crippen molar-refractivity contribution in [2.75, 3.05) is 6.54 Å². The lowest BCUT2D eigenvalue weighted by atomic mass is 10.2. The monoisotopic (exact) mass is 323 g/mol. The molecular weight excluding hydrogens is 310 g/mol. The number of rotatable bonds is 3. The van der Waals surface area contributed by atoms with Crippen molar-refractivity contribution >= 4 is 28.4 Å². The summed E-state index contributed by atoms with van der Waals surface area (Å²) in [7, 11) is 0. The summed E-state index contributed by atoms with van der Waals surface area (Å²) in [5.41, 5.74) is 3.26. The first-order chi connectivity index (χ1) is 11.2. The van der Waals surface area contributed by atoms with Gasteiger partial charge in [0.2, 0.25) is 0 Å². The molecule has 0 atom stereocenters. The van der Waals surface area contributed by atoms with E-state index in [1.54, 1.807) is 17.2 Å². The summed E-state index contributed by atoms with van der Waals surface area (Å²) >= 11 is 6.15. The van der Waals surface area contributed by atoms with E-state index in [9.17, 15) is 4.79 Å². The Bertz CT molecular complexity index is 910. The third-order valence-corrected chi connectivity index (χ3v) is 4.49. The van der Waals surface area contributed by atoms with Crippen molar-refractivity contribution in [2.45, 2.75) is 13.0 Å². The number of hydrogen-bond donors (Lipinski definition) is 0. The molecule has 1 amide bonds. The number of nitrogens with zero attached hydrogens (tertiary/aromatic N) is 3. The first kappa shape index (κ1) is 14.2. The Morgan fingerprint density at radius 2 is 2.00 bits per heavy atom. The Kier molecular flexibility index (Phi) is 3.46. The van der Waals surface area contributed by atoms with Gasteiger partial charge in [-0.05, 0) is 18.2 Å². The van der Waals surface area contributed by atoms with Crippen LogP contribution in [0.2, 0.25) is 5.02 Å². The molecule has 0 saturated carbocycles. The number of fused-ring (bicyclic) bond motifs is 2. The van der Waals surface area contributed by atoms with E-state index in [-0.39, 0.29) is 5.91 Å². The van der Waals surface area contributed by atoms with Crippen LogP contribution in [0.15, 0.2) is 48.7 Å². The summed E-state index contributed by atoms with van der Waals surface area (Å²) < 4.78 is 0. The van der Waals surface area contributed by atoms with Gasteiger partial charge in [0, 0.05) is 47.4 Å². The van der Waals surface area contributed by atoms with Crippen molar-refractivity contribution in [1.82, 2.24) is 14.9 Å². The molecule has 1 aliphatic rings. The highest BCUT2D eigenvalue weighted by Gasteiger charge is 2.30. The third-order valence-electron chi connectivity index (χ3n) is 4.13. The molecule has 4 rings (SSSR count). The Hall–Kier alpha value is -2.46. The van der Waals surface area contributed by atoms with E-state index in [4.69, 9.17) is 11.6 Å². The Morgan fingerprint density at radius 3 is 2.87 bits per heavy atom. The van der Waals surface area contributed by atoms with Crippen LogP contribution in [0.4, 0.5) is 0 Å². The van der Waals surface area contributed by atoms with E-state index >= 15 is 0 Å². The van der Waals surface area contributed by atoms with Crippen molar-refractivity contribution in [1.29, 1.82) is 0 Å². The lowest BCUT2D eigenvalue weighted by Gasteiger charge is -2.15. The zero-order valence-corrected chi connectivity index (χ0v) is 13.1. The zero-order chi connectivity index (χ0) is 15.8. The lowest BCUT2D eigenvalue weighted by molar-refractivity contribution is 0.0776. The highest BCUT2D eigenvalue weighted by molar-refractivity contribution is 6.32. The molecule has 3 heterocycles. The Labute approximate surface area is 138 Å². The fourth-order valence-electron chi connectivity index (χ4n) is 2.89. The number of hydrogen-bond acceptors (Lipinski definition) is 3. The number of carbonyl (C=O) groups is 1. The van der Waals surface area contributed by atoms with Crippen molar-refractivity contribution < 1.29 is 4.79 Å². The van der Waals surface area contributed by atoms with Gasteiger partial charge in [-0.3, -0.25) is 14.8 Å². The predicted molar refractivity (Wildman–Crippen MR) is 89.4 cm³/mol. The number of pyridine rings is 2. The molecule has 3 aromatic rings. The minimum Gasteiger partial charge on any atom is -0.332 e. The fraction of sp³-hybridized carbons (Fsp3) is 0.167. The van der Waals surface area contributed by atoms with Gasteiger partial charge in [0.05, 0.1) is 5.52 Å². The van der Waals surface area contributed by atoms with Crippen LogP contribution in [0.1, 0.15) is 21.7 Å². The van der Waals surface area contributed by atoms with Gasteiger partial charge in [0.1, 0.15) is 5.69 Å². The summed E-state index contributed by atoms with van der Waals surface area (Å²) in [4.78, 5) is 22.9. The van der Waals surface area contributed by atoms with Gasteiger partial charge in [-0.25, -0.2) is 0 Å². The van der Waals surface area contributed by atoms with Gasteiger partial charge in [-0.1, -0.05) is 35.9 Å². The minimum atomic E-state index is -0.0525. The van der Waals surface area contributed by atoms with Crippen LogP contribution in [0.25, 0.3) is 10.9 Å². The van der Waals surface area contributed by atoms with Crippen LogP contribution in [0, 0.1) is 0 Å². The molecule has 1 aromatic carbocycles. The third kappa shape index (κ3) is 2.55. The van der Waals surface area contributed by atoms with Crippen LogP contribution in [-0.2, 0) is 13.0 Å². The van der Waals surface area contributed by atoms with E-state index < -0.39 is 0 Å². The lowest BCUT2D eigenvalue weighted by Crippen LogP contribution is -2.26. The molecule has 0 unspecified atom stereocenters. The molecule has 1 aliphatic heterocycles. The zero-order valence-electron chi connectivity index (χ0n) is 12.4. The molecule has 0 radical (unpaired) electrons. The molecule has 0 fully saturated rings. The van der Waals surface area contributed by atoms with Crippen molar-refractivity contribution in [3.63, 3.8) is 0 Å². The number of para-hydroxylation sites is 1. The average molecular weight is 324 g/mol. The summed E-state index contributed by atoms with van der Waals surface area (Å²) in [5.74, 6) is -0.0525. The van der Waals surface area contributed by atoms with Crippen LogP contribution in [-0.4, -0.2) is 27.3 Å². The van der Waals surface area contributed by atoms with Gasteiger partial charge in [-0.15, -0.1) is 0 Å². The minimum absolute atomic E-state index is 0.0525. The second kappa shape index (κ2) is 5.63. The normalized spacial score (nSPS) is 13.6. The van der Waals surface area contributed by atoms with Crippen LogP contribution >= 0.6 is 11.6 Å². The van der Waals surface area contributed by atoms with E-state index in [0.717, 1.165) is 22.2 Å². The number of carbonyl (C=O) groups excluding carboxylic acids is 1. The molecule has 0 aliphatic carbocycles. The molecule has 0 spiro atoms. The first-order valence-corrected chi connectivity index (χ1v) is 7.87. The molecule has 0 saturated heterocycles. The van der Waals surface area contributed by atoms with Crippen LogP contribution in [0.5, 0.6) is 0 Å². The molecule has 23 heavy (non-hydrogen) atoms. The second-order valence-corrected chi connectivity index (χ2v) is 6.00. The van der Waals surface area contributed by atoms with E-state index in [2.05, 4.69) is 16.0 Å². The van der Waals surface area contributed by atoms with E-state index in [1.165, 1.54) is 0 Å². The Balaban J connectivity index is 1.51. The fourth-order valence-corrected chi connectivity index (χ4v) is 3.10. The van der Waals surface area contributed by atoms with E-state index in [1.807, 2.05) is 30.3 Å². The number of benzene rings is 1. The predicted octanol–water partition coefficient (Wildman–Crippen LogP) is 3.48. The van der Waals surface area contributed by atoms with Crippen molar-refractivity contribution in [3.8, 4) is 0 Å². The SMILES string of the molecule is O=C1c2nccc(Cl)c2CN1CCc1ccc2ccccc2n1. The highest BCUT2D eigenvalue weighted by Crippen LogP contribution is 2.27. The smallest absolute Gasteiger partial charge is 0.273 e. The van der Waals surface area contributed by atoms with Gasteiger partial charge in [0.15, 0.2) is 0 Å². The molecule has 114 valence electrons. The number of amides is 1. The maximum absolute atomic E-state index is 12.4. The molecular formula is C18H14ClN3O. The van der Waals surface area contributed by atoms with Gasteiger partial charge >= 0.3 is 0 Å². The standard InChI is InChI=1S/C18H14ClN3O/c19-15-7-9-20-17-14(15)11-22(18(17)23)10-8-13-6-5-12-3-1-2-4-16(12)21-13/h1-7,9H,8,10-11H2. The quantitative estimate of drug-likeness (QED) is 0.741. The molecule has 5 heteroatoms. The van der Waals surface area contributed by atoms with Crippen LogP contribution in [0.3, 0.4) is 0 Å². The van der Waals surface area contributed by atoms with E-state index in [0.29, 0.717) is 30.2 Å². The molecule has 2 aromatic heterocycles. The second-order valence-electron chi connectivity index (χ2n) is 5.59. The molecule has 4 nitrogen and oxygen atoms in total. The highest BCUT2D eigenvalue weighted by atomic mass is 35.5. The molecule has 0 bridgehead atoms. The van der Waals surface area contributed by atoms with Gasteiger partial charge in [0.25, 0.3) is 5.91 Å². The Morgan fingerprint density at radius 1 is 1.13 bits per heavy atom. The molecule has 0 N–H and O–H groups in total. The number of aromatic nitrogens is 2. The van der Waals surface area contributed by atoms with Crippen molar-refractivity contribution in [3.05, 3.63) is 70.6 Å². The summed E-state index contributed by atoms with van der Waals surface area (Å²) in [6, 6.07) is 13.8. The van der Waals surface area contributed by atoms with Crippen molar-refractivity contribution in [2.24, 2.45) is 0 Å². The van der Waals surface area contributed by atoms with Gasteiger partial charge in [-0.2, -0.15) is 0 Å². The first-order valence-electron chi connectivity index (χ1n) is 7.50. The maximum atomic E-state index is 12.4.